The Bertz CT molecular complexity index is 1540. The molecule has 46 heavy (non-hydrogen) atoms. The zero-order valence-corrected chi connectivity index (χ0v) is 31.8. The van der Waals surface area contributed by atoms with Crippen LogP contribution < -0.4 is 9.47 Å². The van der Waals surface area contributed by atoms with Crippen LogP contribution in [0.15, 0.2) is 66.7 Å². The normalized spacial score (nSPS) is 13.7. The van der Waals surface area contributed by atoms with Crippen molar-refractivity contribution in [2.75, 3.05) is 0 Å². The molecule has 3 heteroatoms. The third-order valence-corrected chi connectivity index (χ3v) is 12.3. The van der Waals surface area contributed by atoms with Gasteiger partial charge >= 0.3 is 0 Å². The van der Waals surface area contributed by atoms with E-state index in [1.165, 1.54) is 16.7 Å². The van der Waals surface area contributed by atoms with E-state index in [0.717, 1.165) is 17.7 Å². The summed E-state index contributed by atoms with van der Waals surface area (Å²) in [6.07, 6.45) is 1.05. The molecule has 0 aliphatic carbocycles. The average Bonchev–Trinajstić information content (AvgIpc) is 2.96. The van der Waals surface area contributed by atoms with Crippen LogP contribution >= 0.6 is 0 Å². The fourth-order valence-electron chi connectivity index (χ4n) is 5.67. The Kier molecular flexibility index (Phi) is 10.0. The van der Waals surface area contributed by atoms with Crippen LogP contribution in [0.2, 0.25) is 0 Å². The molecule has 0 saturated carbocycles. The largest absolute Gasteiger partial charge is 0.487 e. The van der Waals surface area contributed by atoms with Gasteiger partial charge in [0, 0.05) is 16.2 Å². The topological polar surface area (TPSA) is 42.2 Å². The van der Waals surface area contributed by atoms with Crippen molar-refractivity contribution in [1.29, 1.82) is 5.26 Å². The highest BCUT2D eigenvalue weighted by Crippen LogP contribution is 2.46. The van der Waals surface area contributed by atoms with E-state index in [1.54, 1.807) is 0 Å². The molecule has 3 rings (SSSR count). The van der Waals surface area contributed by atoms with Gasteiger partial charge in [-0.05, 0) is 85.4 Å². The molecule has 0 heterocycles. The van der Waals surface area contributed by atoms with Gasteiger partial charge in [-0.1, -0.05) is 132 Å². The molecule has 0 unspecified atom stereocenters. The molecule has 0 aliphatic rings. The van der Waals surface area contributed by atoms with Crippen molar-refractivity contribution in [2.45, 2.75) is 145 Å². The smallest absolute Gasteiger partial charge is 0.138 e. The highest BCUT2D eigenvalue weighted by atomic mass is 16.5. The number of ether oxygens (including phenoxy) is 2. The Morgan fingerprint density at radius 1 is 0.565 bits per heavy atom. The van der Waals surface area contributed by atoms with E-state index >= 15 is 0 Å². The minimum Gasteiger partial charge on any atom is -0.487 e. The summed E-state index contributed by atoms with van der Waals surface area (Å²) in [4.78, 5) is 0. The lowest BCUT2D eigenvalue weighted by Crippen LogP contribution is -2.47. The first-order valence-corrected chi connectivity index (χ1v) is 17.0. The van der Waals surface area contributed by atoms with Crippen LogP contribution in [0.1, 0.15) is 145 Å². The predicted molar refractivity (Wildman–Crippen MR) is 195 cm³/mol. The number of benzene rings is 3. The summed E-state index contributed by atoms with van der Waals surface area (Å²) >= 11 is 0. The molecular formula is C43H61NO2. The first kappa shape index (κ1) is 37.2. The molecule has 0 atom stereocenters. The van der Waals surface area contributed by atoms with Crippen molar-refractivity contribution >= 4 is 0 Å². The van der Waals surface area contributed by atoms with Gasteiger partial charge in [0.1, 0.15) is 28.8 Å². The maximum absolute atomic E-state index is 10.3. The van der Waals surface area contributed by atoms with Gasteiger partial charge in [-0.3, -0.25) is 0 Å². The molecule has 0 bridgehead atoms. The molecule has 0 spiro atoms. The summed E-state index contributed by atoms with van der Waals surface area (Å²) < 4.78 is 13.3. The fourth-order valence-corrected chi connectivity index (χ4v) is 5.67. The van der Waals surface area contributed by atoms with E-state index in [4.69, 9.17) is 9.47 Å². The van der Waals surface area contributed by atoms with E-state index in [9.17, 15) is 5.26 Å². The lowest BCUT2D eigenvalue weighted by Gasteiger charge is -2.43. The molecule has 0 fully saturated rings. The number of hydrogen-bond donors (Lipinski definition) is 0. The van der Waals surface area contributed by atoms with Crippen molar-refractivity contribution in [2.24, 2.45) is 10.8 Å². The molecule has 0 radical (unpaired) electrons. The Balaban J connectivity index is 1.88. The van der Waals surface area contributed by atoms with Crippen molar-refractivity contribution in [3.05, 3.63) is 94.5 Å². The maximum Gasteiger partial charge on any atom is 0.138 e. The third kappa shape index (κ3) is 6.88. The second-order valence-electron chi connectivity index (χ2n) is 17.5. The van der Waals surface area contributed by atoms with Crippen molar-refractivity contribution in [1.82, 2.24) is 0 Å². The Morgan fingerprint density at radius 3 is 1.50 bits per heavy atom. The summed E-state index contributed by atoms with van der Waals surface area (Å²) in [6, 6.07) is 26.1. The van der Waals surface area contributed by atoms with Crippen LogP contribution in [0.3, 0.4) is 0 Å². The predicted octanol–water partition coefficient (Wildman–Crippen LogP) is 11.9. The van der Waals surface area contributed by atoms with Crippen LogP contribution in [-0.2, 0) is 16.2 Å². The summed E-state index contributed by atoms with van der Waals surface area (Å²) in [5, 5.41) is 10.3. The van der Waals surface area contributed by atoms with E-state index in [1.807, 2.05) is 12.1 Å². The molecule has 250 valence electrons. The molecule has 0 saturated heterocycles. The Hall–Kier alpha value is -3.25. The van der Waals surface area contributed by atoms with Crippen molar-refractivity contribution in [3.8, 4) is 17.6 Å². The van der Waals surface area contributed by atoms with Gasteiger partial charge in [0.2, 0.25) is 0 Å². The summed E-state index contributed by atoms with van der Waals surface area (Å²) in [6.45, 7) is 35.4. The number of hydrogen-bond acceptors (Lipinski definition) is 3. The zero-order chi connectivity index (χ0) is 35.1. The lowest BCUT2D eigenvalue weighted by atomic mass is 9.64. The fraction of sp³-hybridized carbons (Fsp3) is 0.558. The van der Waals surface area contributed by atoms with Crippen LogP contribution in [0, 0.1) is 22.2 Å². The van der Waals surface area contributed by atoms with Crippen molar-refractivity contribution < 1.29 is 9.47 Å². The van der Waals surface area contributed by atoms with E-state index in [2.05, 4.69) is 171 Å². The van der Waals surface area contributed by atoms with Crippen molar-refractivity contribution in [3.63, 3.8) is 0 Å². The minimum atomic E-state index is -0.601. The highest BCUT2D eigenvalue weighted by Gasteiger charge is 2.43. The monoisotopic (exact) mass is 623 g/mol. The molecule has 0 aromatic heterocycles. The molecular weight excluding hydrogens is 562 g/mol. The Morgan fingerprint density at radius 2 is 1.04 bits per heavy atom. The first-order chi connectivity index (χ1) is 20.9. The molecule has 3 aromatic rings. The summed E-state index contributed by atoms with van der Waals surface area (Å²) in [7, 11) is 0. The summed E-state index contributed by atoms with van der Waals surface area (Å²) in [5.74, 6) is 1.54. The molecule has 0 amide bonds. The second-order valence-corrected chi connectivity index (χ2v) is 17.5. The van der Waals surface area contributed by atoms with Gasteiger partial charge in [0.15, 0.2) is 0 Å². The molecule has 3 nitrogen and oxygen atoms in total. The zero-order valence-electron chi connectivity index (χ0n) is 31.8. The van der Waals surface area contributed by atoms with Gasteiger partial charge in [-0.15, -0.1) is 0 Å². The quantitative estimate of drug-likeness (QED) is 0.213. The number of rotatable bonds is 11. The lowest BCUT2D eigenvalue weighted by molar-refractivity contribution is -0.0130. The van der Waals surface area contributed by atoms with Gasteiger partial charge in [0.05, 0.1) is 5.56 Å². The van der Waals surface area contributed by atoms with Gasteiger partial charge in [-0.25, -0.2) is 0 Å². The highest BCUT2D eigenvalue weighted by molar-refractivity contribution is 5.53. The first-order valence-electron chi connectivity index (χ1n) is 17.0. The van der Waals surface area contributed by atoms with Gasteiger partial charge in [0.25, 0.3) is 0 Å². The molecule has 3 aromatic carbocycles. The molecule has 0 N–H and O–H groups in total. The number of nitriles is 1. The van der Waals surface area contributed by atoms with Gasteiger partial charge < -0.3 is 9.47 Å². The maximum atomic E-state index is 10.3. The second kappa shape index (κ2) is 12.4. The third-order valence-electron chi connectivity index (χ3n) is 12.3. The van der Waals surface area contributed by atoms with E-state index < -0.39 is 5.60 Å². The van der Waals surface area contributed by atoms with Crippen LogP contribution in [0.25, 0.3) is 0 Å². The molecule has 0 aliphatic heterocycles. The Labute approximate surface area is 281 Å². The van der Waals surface area contributed by atoms with E-state index in [-0.39, 0.29) is 32.7 Å². The standard InChI is InChI=1S/C43H61NO2/c1-17-38(5,6)42(13,14)45-33-27-25-31(26-28-33)39(7,8)30-21-23-32(24-22-30)40(9,10)43(15,16)46-36-20-18-19-35(34(36)29-44)41(11,12)37(2,3)4/h18-28H,17H2,1-16H3. The van der Waals surface area contributed by atoms with Gasteiger partial charge in [-0.2, -0.15) is 5.26 Å². The van der Waals surface area contributed by atoms with Crippen LogP contribution in [0.4, 0.5) is 0 Å². The average molecular weight is 624 g/mol. The summed E-state index contributed by atoms with van der Waals surface area (Å²) in [5.41, 5.74) is 3.72. The van der Waals surface area contributed by atoms with E-state index in [0.29, 0.717) is 11.3 Å². The number of nitrogens with zero attached hydrogens (tertiary/aromatic N) is 1. The van der Waals surface area contributed by atoms with Crippen LogP contribution in [0.5, 0.6) is 11.5 Å². The minimum absolute atomic E-state index is 0.0277. The SMILES string of the molecule is CCC(C)(C)C(C)(C)Oc1ccc(C(C)(C)c2ccc(C(C)(C)C(C)(C)Oc3cccc(C(C)(C)C(C)(C)C)c3C#N)cc2)cc1. The van der Waals surface area contributed by atoms with Crippen LogP contribution in [-0.4, -0.2) is 11.2 Å².